The van der Waals surface area contributed by atoms with Gasteiger partial charge >= 0.3 is 12.1 Å². The van der Waals surface area contributed by atoms with Crippen molar-refractivity contribution in [2.75, 3.05) is 5.75 Å². The van der Waals surface area contributed by atoms with Crippen LogP contribution in [0.15, 0.2) is 12.2 Å². The summed E-state index contributed by atoms with van der Waals surface area (Å²) in [5, 5.41) is 11.3. The highest BCUT2D eigenvalue weighted by molar-refractivity contribution is 8.00. The largest absolute Gasteiger partial charge is 0.479 e. The normalized spacial score (nSPS) is 28.5. The summed E-state index contributed by atoms with van der Waals surface area (Å²) < 4.78 is 5.10. The molecule has 2 N–H and O–H groups in total. The molecule has 2 aliphatic heterocycles. The van der Waals surface area contributed by atoms with Gasteiger partial charge in [-0.15, -0.1) is 11.8 Å². The second-order valence-corrected chi connectivity index (χ2v) is 7.07. The number of nitrogens with one attached hydrogen (secondary N) is 1. The van der Waals surface area contributed by atoms with E-state index in [1.807, 2.05) is 0 Å². The first kappa shape index (κ1) is 15.7. The van der Waals surface area contributed by atoms with Gasteiger partial charge in [0, 0.05) is 5.75 Å². The molecule has 2 heterocycles. The van der Waals surface area contributed by atoms with Crippen molar-refractivity contribution >= 4 is 29.7 Å². The first-order valence-corrected chi connectivity index (χ1v) is 7.50. The Hall–Kier alpha value is -1.70. The number of thioether (sulfide) groups is 1. The van der Waals surface area contributed by atoms with E-state index in [4.69, 9.17) is 4.74 Å². The Labute approximate surface area is 126 Å². The van der Waals surface area contributed by atoms with Crippen LogP contribution in [0.4, 0.5) is 4.79 Å². The van der Waals surface area contributed by atoms with Crippen LogP contribution in [-0.4, -0.2) is 56.8 Å². The molecule has 0 aromatic carbocycles. The third kappa shape index (κ3) is 2.99. The predicted molar refractivity (Wildman–Crippen MR) is 76.8 cm³/mol. The Kier molecular flexibility index (Phi) is 3.92. The summed E-state index contributed by atoms with van der Waals surface area (Å²) in [5.74, 6) is -1.08. The molecule has 0 radical (unpaired) electrons. The van der Waals surface area contributed by atoms with E-state index in [0.29, 0.717) is 11.3 Å². The number of ether oxygens (including phenoxy) is 1. The maximum Gasteiger partial charge on any atom is 0.408 e. The minimum atomic E-state index is -1.10. The fourth-order valence-corrected chi connectivity index (χ4v) is 3.57. The van der Waals surface area contributed by atoms with Crippen molar-refractivity contribution in [3.05, 3.63) is 12.2 Å². The number of nitrogens with zero attached hydrogens (tertiary/aromatic N) is 1. The van der Waals surface area contributed by atoms with Gasteiger partial charge < -0.3 is 20.1 Å². The van der Waals surface area contributed by atoms with E-state index in [-0.39, 0.29) is 0 Å². The van der Waals surface area contributed by atoms with E-state index >= 15 is 0 Å². The van der Waals surface area contributed by atoms with Gasteiger partial charge in [0.2, 0.25) is 5.91 Å². The van der Waals surface area contributed by atoms with Gasteiger partial charge in [-0.2, -0.15) is 0 Å². The summed E-state index contributed by atoms with van der Waals surface area (Å²) in [5.41, 5.74) is -0.179. The lowest BCUT2D eigenvalue weighted by Gasteiger charge is -2.52. The smallest absolute Gasteiger partial charge is 0.408 e. The zero-order chi connectivity index (χ0) is 15.9. The molecule has 0 aliphatic carbocycles. The third-order valence-electron chi connectivity index (χ3n) is 3.09. The third-order valence-corrected chi connectivity index (χ3v) is 4.47. The van der Waals surface area contributed by atoms with Crippen molar-refractivity contribution in [1.82, 2.24) is 10.2 Å². The molecule has 0 spiro atoms. The topological polar surface area (TPSA) is 95.9 Å². The van der Waals surface area contributed by atoms with E-state index in [1.165, 1.54) is 16.7 Å². The SMILES string of the molecule is C=C1CSC2C(NC(=O)OC(C)(C)C)C(=O)N2C1C(=O)O. The predicted octanol–water partition coefficient (Wildman–Crippen LogP) is 0.804. The number of carboxylic acids is 1. The number of hydrogen-bond donors (Lipinski definition) is 2. The van der Waals surface area contributed by atoms with Crippen molar-refractivity contribution < 1.29 is 24.2 Å². The van der Waals surface area contributed by atoms with Crippen LogP contribution >= 0.6 is 11.8 Å². The van der Waals surface area contributed by atoms with E-state index < -0.39 is 41.0 Å². The standard InChI is InChI=1S/C13H18N2O5S/c1-6-5-21-10-7(14-12(19)20-13(2,3)4)9(16)15(10)8(6)11(17)18/h7-8,10H,1,5H2,2-4H3,(H,14,19)(H,17,18). The fraction of sp³-hybridized carbons (Fsp3) is 0.615. The quantitative estimate of drug-likeness (QED) is 0.578. The number of fused-ring (bicyclic) bond motifs is 1. The highest BCUT2D eigenvalue weighted by atomic mass is 32.2. The molecule has 21 heavy (non-hydrogen) atoms. The summed E-state index contributed by atoms with van der Waals surface area (Å²) >= 11 is 1.39. The Bertz CT molecular complexity index is 513. The zero-order valence-electron chi connectivity index (χ0n) is 12.1. The molecule has 2 fully saturated rings. The van der Waals surface area contributed by atoms with Crippen LogP contribution < -0.4 is 5.32 Å². The lowest BCUT2D eigenvalue weighted by Crippen LogP contribution is -2.74. The Morgan fingerprint density at radius 1 is 1.48 bits per heavy atom. The maximum atomic E-state index is 12.1. The van der Waals surface area contributed by atoms with Gasteiger partial charge in [-0.05, 0) is 26.3 Å². The summed E-state index contributed by atoms with van der Waals surface area (Å²) in [6.07, 6.45) is -0.683. The molecule has 8 heteroatoms. The van der Waals surface area contributed by atoms with E-state index in [1.54, 1.807) is 20.8 Å². The van der Waals surface area contributed by atoms with Crippen molar-refractivity contribution in [2.24, 2.45) is 0 Å². The summed E-state index contributed by atoms with van der Waals surface area (Å²) in [4.78, 5) is 36.3. The van der Waals surface area contributed by atoms with E-state index in [9.17, 15) is 19.5 Å². The lowest BCUT2D eigenvalue weighted by atomic mass is 9.99. The molecule has 0 saturated carbocycles. The molecule has 3 unspecified atom stereocenters. The van der Waals surface area contributed by atoms with Crippen LogP contribution in [0.1, 0.15) is 20.8 Å². The number of rotatable bonds is 2. The first-order valence-electron chi connectivity index (χ1n) is 6.45. The van der Waals surface area contributed by atoms with Crippen molar-refractivity contribution in [1.29, 1.82) is 0 Å². The first-order chi connectivity index (χ1) is 9.61. The molecule has 0 aromatic heterocycles. The van der Waals surface area contributed by atoms with Crippen LogP contribution in [0.5, 0.6) is 0 Å². The number of carbonyl (C=O) groups excluding carboxylic acids is 2. The molecule has 2 rings (SSSR count). The number of alkyl carbamates (subject to hydrolysis) is 1. The van der Waals surface area contributed by atoms with Crippen molar-refractivity contribution in [3.8, 4) is 0 Å². The second-order valence-electron chi connectivity index (χ2n) is 5.97. The van der Waals surface area contributed by atoms with E-state index in [2.05, 4.69) is 11.9 Å². The van der Waals surface area contributed by atoms with Gasteiger partial charge in [0.1, 0.15) is 17.0 Å². The summed E-state index contributed by atoms with van der Waals surface area (Å²) in [6.45, 7) is 8.87. The van der Waals surface area contributed by atoms with Crippen molar-refractivity contribution in [2.45, 2.75) is 43.8 Å². The Morgan fingerprint density at radius 3 is 2.62 bits per heavy atom. The lowest BCUT2D eigenvalue weighted by molar-refractivity contribution is -0.159. The van der Waals surface area contributed by atoms with Gasteiger partial charge in [0.05, 0.1) is 0 Å². The maximum absolute atomic E-state index is 12.1. The number of hydrogen-bond acceptors (Lipinski definition) is 5. The molecule has 2 amide bonds. The number of carboxylic acid groups (broad SMARTS) is 1. The van der Waals surface area contributed by atoms with Crippen LogP contribution in [0.2, 0.25) is 0 Å². The number of carbonyl (C=O) groups is 3. The molecule has 116 valence electrons. The second kappa shape index (κ2) is 5.25. The summed E-state index contributed by atoms with van der Waals surface area (Å²) in [6, 6.07) is -1.76. The number of aliphatic carboxylic acids is 1. The van der Waals surface area contributed by atoms with Crippen LogP contribution in [-0.2, 0) is 14.3 Å². The van der Waals surface area contributed by atoms with Gasteiger partial charge in [-0.1, -0.05) is 6.58 Å². The van der Waals surface area contributed by atoms with Gasteiger partial charge in [0.25, 0.3) is 0 Å². The Morgan fingerprint density at radius 2 is 2.10 bits per heavy atom. The fourth-order valence-electron chi connectivity index (χ4n) is 2.27. The average molecular weight is 314 g/mol. The van der Waals surface area contributed by atoms with Gasteiger partial charge in [-0.25, -0.2) is 9.59 Å². The summed E-state index contributed by atoms with van der Waals surface area (Å²) in [7, 11) is 0. The average Bonchev–Trinajstić information content (AvgIpc) is 2.33. The molecule has 2 saturated heterocycles. The van der Waals surface area contributed by atoms with Crippen molar-refractivity contribution in [3.63, 3.8) is 0 Å². The van der Waals surface area contributed by atoms with E-state index in [0.717, 1.165) is 0 Å². The number of amides is 2. The monoisotopic (exact) mass is 314 g/mol. The molecule has 0 aromatic rings. The molecule has 2 aliphatic rings. The minimum Gasteiger partial charge on any atom is -0.479 e. The Balaban J connectivity index is 2.04. The van der Waals surface area contributed by atoms with Gasteiger partial charge in [0.15, 0.2) is 6.04 Å². The molecular weight excluding hydrogens is 296 g/mol. The molecule has 0 bridgehead atoms. The van der Waals surface area contributed by atoms with Crippen LogP contribution in [0.25, 0.3) is 0 Å². The number of β-lactam (4-membered cyclic amide) rings is 1. The molecule has 3 atom stereocenters. The molecular formula is C13H18N2O5S. The van der Waals surface area contributed by atoms with Crippen LogP contribution in [0.3, 0.4) is 0 Å². The highest BCUT2D eigenvalue weighted by Gasteiger charge is 2.56. The highest BCUT2D eigenvalue weighted by Crippen LogP contribution is 2.39. The minimum absolute atomic E-state index is 0.392. The molecule has 7 nitrogen and oxygen atoms in total. The van der Waals surface area contributed by atoms with Crippen LogP contribution in [0, 0.1) is 0 Å². The van der Waals surface area contributed by atoms with Gasteiger partial charge in [-0.3, -0.25) is 4.79 Å². The zero-order valence-corrected chi connectivity index (χ0v) is 12.9.